The van der Waals surface area contributed by atoms with Crippen molar-refractivity contribution in [2.24, 2.45) is 0 Å². The third-order valence-electron chi connectivity index (χ3n) is 6.50. The lowest BCUT2D eigenvalue weighted by Gasteiger charge is -2.38. The van der Waals surface area contributed by atoms with Crippen LogP contribution in [0.3, 0.4) is 0 Å². The van der Waals surface area contributed by atoms with Crippen LogP contribution in [0.4, 0.5) is 0 Å². The van der Waals surface area contributed by atoms with Crippen molar-refractivity contribution in [2.75, 3.05) is 0 Å². The molecule has 0 saturated heterocycles. The maximum Gasteiger partial charge on any atom is 0.121 e. The lowest BCUT2D eigenvalue weighted by Crippen LogP contribution is -2.38. The smallest absolute Gasteiger partial charge is 0.121 e. The summed E-state index contributed by atoms with van der Waals surface area (Å²) in [7, 11) is 0. The fourth-order valence-electron chi connectivity index (χ4n) is 4.80. The third-order valence-corrected chi connectivity index (χ3v) is 6.50. The minimum atomic E-state index is -0.566. The predicted octanol–water partition coefficient (Wildman–Crippen LogP) is 6.49. The van der Waals surface area contributed by atoms with Gasteiger partial charge in [-0.2, -0.15) is 5.26 Å². The normalized spacial score (nSPS) is 11.2. The van der Waals surface area contributed by atoms with Crippen LogP contribution < -0.4 is 0 Å². The Bertz CT molecular complexity index is 1310. The number of imidazole rings is 1. The fraction of sp³-hybridized carbons (Fsp3) is 0.0968. The Labute approximate surface area is 200 Å². The van der Waals surface area contributed by atoms with Crippen molar-refractivity contribution in [2.45, 2.75) is 18.9 Å². The van der Waals surface area contributed by atoms with Crippen molar-refractivity contribution in [1.29, 1.82) is 5.26 Å². The van der Waals surface area contributed by atoms with Gasteiger partial charge in [-0.05, 0) is 41.3 Å². The first-order valence-electron chi connectivity index (χ1n) is 11.4. The molecule has 0 spiro atoms. The van der Waals surface area contributed by atoms with Crippen molar-refractivity contribution in [3.8, 4) is 6.07 Å². The summed E-state index contributed by atoms with van der Waals surface area (Å²) in [5, 5.41) is 9.11. The molecule has 0 atom stereocenters. The minimum Gasteiger partial charge on any atom is -0.316 e. The van der Waals surface area contributed by atoms with E-state index in [1.165, 1.54) is 16.7 Å². The summed E-state index contributed by atoms with van der Waals surface area (Å²) in [6, 6.07) is 41.9. The van der Waals surface area contributed by atoms with Gasteiger partial charge in [0.15, 0.2) is 0 Å². The van der Waals surface area contributed by atoms with Gasteiger partial charge in [0, 0.05) is 12.1 Å². The maximum atomic E-state index is 9.11. The average molecular weight is 440 g/mol. The zero-order chi connectivity index (χ0) is 23.4. The van der Waals surface area contributed by atoms with Crippen molar-refractivity contribution in [3.63, 3.8) is 0 Å². The Morgan fingerprint density at radius 1 is 0.706 bits per heavy atom. The first-order valence-corrected chi connectivity index (χ1v) is 11.4. The van der Waals surface area contributed by atoms with Gasteiger partial charge in [-0.15, -0.1) is 0 Å². The van der Waals surface area contributed by atoms with Gasteiger partial charge in [-0.25, -0.2) is 4.98 Å². The van der Waals surface area contributed by atoms with E-state index in [1.54, 1.807) is 0 Å². The van der Waals surface area contributed by atoms with Gasteiger partial charge < -0.3 is 4.57 Å². The number of nitrogens with zero attached hydrogens (tertiary/aromatic N) is 3. The standard InChI is InChI=1S/C31H25N3/c1-24-30(21-25-17-19-26(22-32)20-18-25)33-23-34(24)31(27-11-5-2-6-12-27,28-13-7-3-8-14-28)29-15-9-4-10-16-29/h2-20,23H,21H2,1H3. The average Bonchev–Trinajstić information content (AvgIpc) is 3.27. The van der Waals surface area contributed by atoms with Crippen molar-refractivity contribution in [1.82, 2.24) is 9.55 Å². The molecule has 0 fully saturated rings. The number of rotatable bonds is 6. The van der Waals surface area contributed by atoms with E-state index in [0.717, 1.165) is 17.0 Å². The van der Waals surface area contributed by atoms with Gasteiger partial charge in [0.25, 0.3) is 0 Å². The van der Waals surface area contributed by atoms with Gasteiger partial charge in [0.1, 0.15) is 5.54 Å². The van der Waals surface area contributed by atoms with E-state index < -0.39 is 5.54 Å². The molecule has 3 nitrogen and oxygen atoms in total. The van der Waals surface area contributed by atoms with Crippen molar-refractivity contribution >= 4 is 0 Å². The molecule has 0 saturated carbocycles. The van der Waals surface area contributed by atoms with E-state index in [-0.39, 0.29) is 0 Å². The summed E-state index contributed by atoms with van der Waals surface area (Å²) >= 11 is 0. The van der Waals surface area contributed by atoms with Crippen LogP contribution in [0.1, 0.15) is 39.2 Å². The molecule has 0 N–H and O–H groups in total. The van der Waals surface area contributed by atoms with Crippen LogP contribution in [-0.2, 0) is 12.0 Å². The number of hydrogen-bond donors (Lipinski definition) is 0. The van der Waals surface area contributed by atoms with Crippen LogP contribution in [0.2, 0.25) is 0 Å². The predicted molar refractivity (Wildman–Crippen MR) is 136 cm³/mol. The second-order valence-electron chi connectivity index (χ2n) is 8.44. The number of hydrogen-bond acceptors (Lipinski definition) is 2. The van der Waals surface area contributed by atoms with Gasteiger partial charge >= 0.3 is 0 Å². The molecule has 0 aliphatic heterocycles. The highest BCUT2D eigenvalue weighted by Gasteiger charge is 2.39. The van der Waals surface area contributed by atoms with E-state index in [0.29, 0.717) is 12.0 Å². The Morgan fingerprint density at radius 2 is 1.18 bits per heavy atom. The summed E-state index contributed by atoms with van der Waals surface area (Å²) in [4.78, 5) is 4.89. The summed E-state index contributed by atoms with van der Waals surface area (Å²) in [5.41, 5.74) is 6.91. The molecule has 0 radical (unpaired) electrons. The lowest BCUT2D eigenvalue weighted by molar-refractivity contribution is 0.503. The van der Waals surface area contributed by atoms with E-state index in [4.69, 9.17) is 10.2 Å². The molecule has 0 unspecified atom stereocenters. The SMILES string of the molecule is Cc1c(Cc2ccc(C#N)cc2)ncn1C(c1ccccc1)(c1ccccc1)c1ccccc1. The van der Waals surface area contributed by atoms with Gasteiger partial charge in [-0.1, -0.05) is 103 Å². The summed E-state index contributed by atoms with van der Waals surface area (Å²) in [6.45, 7) is 2.15. The van der Waals surface area contributed by atoms with Gasteiger partial charge in [0.2, 0.25) is 0 Å². The molecule has 34 heavy (non-hydrogen) atoms. The number of nitriles is 1. The molecule has 1 heterocycles. The van der Waals surface area contributed by atoms with E-state index in [9.17, 15) is 0 Å². The number of benzene rings is 4. The molecule has 0 aliphatic rings. The molecular formula is C31H25N3. The monoisotopic (exact) mass is 439 g/mol. The zero-order valence-corrected chi connectivity index (χ0v) is 19.1. The van der Waals surface area contributed by atoms with E-state index in [2.05, 4.69) is 109 Å². The zero-order valence-electron chi connectivity index (χ0n) is 19.1. The van der Waals surface area contributed by atoms with Gasteiger partial charge in [0.05, 0.1) is 23.7 Å². The Morgan fingerprint density at radius 3 is 1.62 bits per heavy atom. The Balaban J connectivity index is 1.73. The molecule has 5 aromatic rings. The molecule has 0 amide bonds. The van der Waals surface area contributed by atoms with Crippen LogP contribution in [0, 0.1) is 18.3 Å². The molecule has 0 aliphatic carbocycles. The second kappa shape index (κ2) is 9.21. The van der Waals surface area contributed by atoms with E-state index >= 15 is 0 Å². The minimum absolute atomic E-state index is 0.566. The lowest BCUT2D eigenvalue weighted by atomic mass is 9.76. The molecule has 3 heteroatoms. The molecular weight excluding hydrogens is 414 g/mol. The summed E-state index contributed by atoms with van der Waals surface area (Å²) in [5.74, 6) is 0. The van der Waals surface area contributed by atoms with E-state index in [1.807, 2.05) is 30.6 Å². The third kappa shape index (κ3) is 3.70. The highest BCUT2D eigenvalue weighted by Crippen LogP contribution is 2.42. The highest BCUT2D eigenvalue weighted by atomic mass is 15.1. The van der Waals surface area contributed by atoms with Crippen LogP contribution in [-0.4, -0.2) is 9.55 Å². The van der Waals surface area contributed by atoms with Crippen LogP contribution in [0.5, 0.6) is 0 Å². The molecule has 164 valence electrons. The quantitative estimate of drug-likeness (QED) is 0.284. The summed E-state index contributed by atoms with van der Waals surface area (Å²) in [6.07, 6.45) is 2.68. The first kappa shape index (κ1) is 21.4. The topological polar surface area (TPSA) is 41.6 Å². The van der Waals surface area contributed by atoms with Gasteiger partial charge in [-0.3, -0.25) is 0 Å². The first-order chi connectivity index (χ1) is 16.7. The highest BCUT2D eigenvalue weighted by molar-refractivity contribution is 5.51. The Hall–Kier alpha value is -4.42. The fourth-order valence-corrected chi connectivity index (χ4v) is 4.80. The molecule has 4 aromatic carbocycles. The largest absolute Gasteiger partial charge is 0.316 e. The van der Waals surface area contributed by atoms with Crippen LogP contribution >= 0.6 is 0 Å². The second-order valence-corrected chi connectivity index (χ2v) is 8.44. The molecule has 0 bridgehead atoms. The van der Waals surface area contributed by atoms with Crippen molar-refractivity contribution in [3.05, 3.63) is 161 Å². The van der Waals surface area contributed by atoms with Crippen LogP contribution in [0.25, 0.3) is 0 Å². The van der Waals surface area contributed by atoms with Crippen molar-refractivity contribution < 1.29 is 0 Å². The number of aromatic nitrogens is 2. The van der Waals surface area contributed by atoms with Crippen LogP contribution in [0.15, 0.2) is 122 Å². The maximum absolute atomic E-state index is 9.11. The summed E-state index contributed by atoms with van der Waals surface area (Å²) < 4.78 is 2.31. The molecule has 1 aromatic heterocycles. The Kier molecular flexibility index (Phi) is 5.81. The molecule has 5 rings (SSSR count).